The molecule has 5 atom stereocenters. The van der Waals surface area contributed by atoms with Crippen LogP contribution in [0, 0.1) is 29.6 Å². The third-order valence-corrected chi connectivity index (χ3v) is 28.4. The molecule has 0 amide bonds. The first kappa shape index (κ1) is 53.3. The van der Waals surface area contributed by atoms with Crippen LogP contribution in [0.4, 0.5) is 0 Å². The van der Waals surface area contributed by atoms with E-state index in [2.05, 4.69) is 16.1 Å². The van der Waals surface area contributed by atoms with Gasteiger partial charge in [-0.3, -0.25) is 0 Å². The zero-order chi connectivity index (χ0) is 43.9. The van der Waals surface area contributed by atoms with Gasteiger partial charge in [0.25, 0.3) is 0 Å². The molecule has 2 aliphatic heterocycles. The molecule has 1 fully saturated rings. The van der Waals surface area contributed by atoms with Crippen molar-refractivity contribution in [1.82, 2.24) is 0 Å². The minimum absolute atomic E-state index is 0.0243. The molecule has 2 aliphatic rings. The summed E-state index contributed by atoms with van der Waals surface area (Å²) in [6.45, 7) is 12.2. The molecule has 0 aromatic heterocycles. The van der Waals surface area contributed by atoms with Gasteiger partial charge in [-0.15, -0.1) is 0 Å². The summed E-state index contributed by atoms with van der Waals surface area (Å²) in [6, 6.07) is 0. The maximum absolute atomic E-state index is 13.7. The van der Waals surface area contributed by atoms with Crippen molar-refractivity contribution in [3.63, 3.8) is 0 Å². The molecule has 322 valence electrons. The summed E-state index contributed by atoms with van der Waals surface area (Å²) in [4.78, 5) is 109. The zero-order valence-electron chi connectivity index (χ0n) is 34.5. The number of esters is 5. The van der Waals surface area contributed by atoms with Crippen molar-refractivity contribution in [3.8, 4) is 0 Å². The number of rotatable bonds is 17. The van der Waals surface area contributed by atoms with E-state index in [1.165, 1.54) is 28.4 Å². The topological polar surface area (TPSA) is 237 Å². The van der Waals surface area contributed by atoms with Crippen molar-refractivity contribution < 1.29 is 79.1 Å². The molecule has 0 bridgehead atoms. The minimum atomic E-state index is -4.22. The summed E-state index contributed by atoms with van der Waals surface area (Å²) < 4.78 is 47.8. The second-order valence-corrected chi connectivity index (χ2v) is 33.5. The molecule has 0 saturated carbocycles. The van der Waals surface area contributed by atoms with Crippen molar-refractivity contribution in [2.24, 2.45) is 29.6 Å². The number of methoxy groups -OCH3 is 5. The van der Waals surface area contributed by atoms with E-state index in [-0.39, 0.29) is 25.7 Å². The predicted molar refractivity (Wildman–Crippen MR) is 203 cm³/mol. The van der Waals surface area contributed by atoms with Crippen LogP contribution in [0.5, 0.6) is 0 Å². The Labute approximate surface area is 343 Å². The van der Waals surface area contributed by atoms with Gasteiger partial charge in [-0.1, -0.05) is 6.58 Å². The van der Waals surface area contributed by atoms with E-state index in [9.17, 15) is 43.2 Å². The standard InChI is InChI=1S/C21H32O12.C4H4O4.C4H6O2.4C2H5.2Sn/c1-6-11(19(27)31-3)9-14(21(29)33-5)16(18(25)26)13(17(23)24)10-12(20(28)32-4)7-8-15(22)30-2;5-3(6)1-2-4(7)8;1-3-4(5)6-2;4*1-2;;/h11-14,16H,6-10H2,1-5H3,(H,23,24)(H,25,26);1-2H,(H,5,6)(H,7,8);3H,1H2,2H3;4*1H2,2H3;;/q;;;;;;;2*+2/p-4. The summed E-state index contributed by atoms with van der Waals surface area (Å²) in [5.41, 5.74) is 0. The van der Waals surface area contributed by atoms with Gasteiger partial charge in [0.2, 0.25) is 0 Å². The number of ether oxygens (including phenoxy) is 5. The van der Waals surface area contributed by atoms with Crippen molar-refractivity contribution in [2.45, 2.75) is 84.5 Å². The molecule has 18 nitrogen and oxygen atoms in total. The van der Waals surface area contributed by atoms with Gasteiger partial charge in [0.15, 0.2) is 0 Å². The molecular weight excluding hydrogens is 970 g/mol. The first-order valence-electron chi connectivity index (χ1n) is 18.5. The van der Waals surface area contributed by atoms with Crippen LogP contribution in [0.2, 0.25) is 17.7 Å². The molecule has 1 saturated heterocycles. The maximum atomic E-state index is 13.7. The molecule has 20 heteroatoms. The first-order chi connectivity index (χ1) is 26.9. The molecular formula is C37H58O18Sn2. The Hall–Kier alpha value is -3.69. The average Bonchev–Trinajstić information content (AvgIpc) is 3.44. The molecule has 2 heterocycles. The van der Waals surface area contributed by atoms with Crippen molar-refractivity contribution in [2.75, 3.05) is 35.5 Å². The van der Waals surface area contributed by atoms with Gasteiger partial charge in [-0.25, -0.2) is 4.79 Å². The van der Waals surface area contributed by atoms with E-state index in [1.54, 1.807) is 20.8 Å². The fourth-order valence-corrected chi connectivity index (χ4v) is 17.7. The zero-order valence-corrected chi connectivity index (χ0v) is 40.2. The third-order valence-electron chi connectivity index (χ3n) is 9.53. The van der Waals surface area contributed by atoms with Crippen LogP contribution < -0.4 is 0 Å². The Bertz CT molecular complexity index is 1430. The van der Waals surface area contributed by atoms with Crippen LogP contribution in [0.15, 0.2) is 24.8 Å². The average molecular weight is 1030 g/mol. The first-order valence-corrected chi connectivity index (χ1v) is 31.2. The summed E-state index contributed by atoms with van der Waals surface area (Å²) >= 11 is -7.55. The van der Waals surface area contributed by atoms with Gasteiger partial charge in [-0.2, -0.15) is 0 Å². The Morgan fingerprint density at radius 3 is 1.51 bits per heavy atom. The molecule has 0 aliphatic carbocycles. The van der Waals surface area contributed by atoms with Gasteiger partial charge in [0, 0.05) is 6.08 Å². The van der Waals surface area contributed by atoms with Crippen LogP contribution >= 0.6 is 0 Å². The summed E-state index contributed by atoms with van der Waals surface area (Å²) in [6.07, 6.45) is 3.11. The van der Waals surface area contributed by atoms with Crippen LogP contribution in [0.25, 0.3) is 0 Å². The second kappa shape index (κ2) is 27.1. The number of carbonyl (C=O) groups excluding carboxylic acids is 9. The van der Waals surface area contributed by atoms with Gasteiger partial charge < -0.3 is 4.74 Å². The summed E-state index contributed by atoms with van der Waals surface area (Å²) in [5.74, 6) is -11.2. The van der Waals surface area contributed by atoms with Crippen LogP contribution in [0.1, 0.15) is 66.7 Å². The molecule has 0 spiro atoms. The fraction of sp³-hybridized carbons (Fsp3) is 0.649. The molecule has 5 unspecified atom stereocenters. The summed E-state index contributed by atoms with van der Waals surface area (Å²) in [5, 5.41) is 0. The number of carbonyl (C=O) groups is 9. The van der Waals surface area contributed by atoms with Crippen molar-refractivity contribution in [3.05, 3.63) is 24.8 Å². The van der Waals surface area contributed by atoms with E-state index >= 15 is 0 Å². The van der Waals surface area contributed by atoms with Crippen LogP contribution in [-0.2, 0) is 79.1 Å². The molecule has 0 aromatic carbocycles. The predicted octanol–water partition coefficient (Wildman–Crippen LogP) is 3.78. The van der Waals surface area contributed by atoms with Crippen LogP contribution in [-0.4, -0.2) is 128 Å². The normalized spacial score (nSPS) is 19.4. The van der Waals surface area contributed by atoms with Gasteiger partial charge >= 0.3 is 316 Å². The van der Waals surface area contributed by atoms with E-state index in [1.807, 2.05) is 13.8 Å². The van der Waals surface area contributed by atoms with Gasteiger partial charge in [-0.05, 0) is 0 Å². The quantitative estimate of drug-likeness (QED) is 0.0872. The molecule has 57 heavy (non-hydrogen) atoms. The number of hydrogen-bond donors (Lipinski definition) is 0. The fourth-order valence-electron chi connectivity index (χ4n) is 5.92. The Morgan fingerprint density at radius 2 is 1.12 bits per heavy atom. The SMILES string of the molecule is C=CC(=O)OC.CCC(CC(C(=O)OC)C1C(=O)[O][Sn]([CH2]C)([CH2]C)[O]C(=O)C1CC(CCC(=O)OC)C(=O)OC)C(=O)OC.C[CH2][Sn]1([CH2]C)[O]C(=O)C=CC(=O)[O]1. The van der Waals surface area contributed by atoms with E-state index in [0.717, 1.165) is 25.3 Å². The van der Waals surface area contributed by atoms with E-state index in [0.29, 0.717) is 24.2 Å². The van der Waals surface area contributed by atoms with Crippen molar-refractivity contribution >= 4 is 92.1 Å². The van der Waals surface area contributed by atoms with Crippen LogP contribution in [0.3, 0.4) is 0 Å². The molecule has 0 aromatic rings. The Morgan fingerprint density at radius 1 is 0.667 bits per heavy atom. The van der Waals surface area contributed by atoms with Gasteiger partial charge in [0.05, 0.1) is 7.11 Å². The Kier molecular flexibility index (Phi) is 25.3. The third kappa shape index (κ3) is 17.0. The van der Waals surface area contributed by atoms with E-state index in [4.69, 9.17) is 26.5 Å². The second-order valence-electron chi connectivity index (χ2n) is 12.7. The monoisotopic (exact) mass is 1030 g/mol. The molecule has 2 rings (SSSR count). The van der Waals surface area contributed by atoms with Gasteiger partial charge in [0.1, 0.15) is 0 Å². The summed E-state index contributed by atoms with van der Waals surface area (Å²) in [7, 11) is 6.03. The van der Waals surface area contributed by atoms with E-state index < -0.39 is 122 Å². The number of hydrogen-bond acceptors (Lipinski definition) is 18. The molecule has 0 N–H and O–H groups in total. The Balaban J connectivity index is 0.00000134. The molecule has 0 radical (unpaired) electrons. The van der Waals surface area contributed by atoms with Crippen molar-refractivity contribution in [1.29, 1.82) is 0 Å².